The van der Waals surface area contributed by atoms with Crippen molar-refractivity contribution in [2.75, 3.05) is 18.5 Å². The second-order valence-corrected chi connectivity index (χ2v) is 7.16. The first-order valence-corrected chi connectivity index (χ1v) is 9.91. The van der Waals surface area contributed by atoms with E-state index in [1.54, 1.807) is 12.1 Å². The fourth-order valence-electron chi connectivity index (χ4n) is 3.02. The Bertz CT molecular complexity index is 987. The number of carbonyl (C=O) groups is 1. The van der Waals surface area contributed by atoms with Crippen molar-refractivity contribution in [2.24, 2.45) is 0 Å². The maximum absolute atomic E-state index is 12.8. The number of halogens is 1. The number of aliphatic hydroxyl groups excluding tert-OH is 1. The third-order valence-electron chi connectivity index (χ3n) is 4.60. The zero-order chi connectivity index (χ0) is 20.6. The molecule has 0 unspecified atom stereocenters. The van der Waals surface area contributed by atoms with E-state index >= 15 is 0 Å². The Hall–Kier alpha value is -2.66. The second-order valence-electron chi connectivity index (χ2n) is 6.75. The third-order valence-corrected chi connectivity index (χ3v) is 4.92. The Kier molecular flexibility index (Phi) is 7.42. The van der Waals surface area contributed by atoms with Gasteiger partial charge in [0.25, 0.3) is 0 Å². The fraction of sp³-hybridized carbons (Fsp3) is 0.208. The quantitative estimate of drug-likeness (QED) is 0.360. The highest BCUT2D eigenvalue weighted by Crippen LogP contribution is 2.28. The minimum Gasteiger partial charge on any atom is -0.396 e. The van der Waals surface area contributed by atoms with E-state index in [1.165, 1.54) is 0 Å². The van der Waals surface area contributed by atoms with Gasteiger partial charge in [-0.15, -0.1) is 0 Å². The van der Waals surface area contributed by atoms with Crippen LogP contribution in [-0.2, 0) is 11.3 Å². The van der Waals surface area contributed by atoms with Crippen molar-refractivity contribution < 1.29 is 14.6 Å². The molecule has 0 atom stereocenters. The van der Waals surface area contributed by atoms with E-state index in [0.29, 0.717) is 35.8 Å². The molecule has 0 saturated heterocycles. The van der Waals surface area contributed by atoms with Gasteiger partial charge in [0.15, 0.2) is 5.78 Å². The highest BCUT2D eigenvalue weighted by molar-refractivity contribution is 6.35. The second kappa shape index (κ2) is 10.2. The smallest absolute Gasteiger partial charge is 0.194 e. The predicted molar refractivity (Wildman–Crippen MR) is 117 cm³/mol. The van der Waals surface area contributed by atoms with Crippen LogP contribution in [0.25, 0.3) is 0 Å². The van der Waals surface area contributed by atoms with Gasteiger partial charge in [-0.3, -0.25) is 4.79 Å². The molecule has 0 radical (unpaired) electrons. The van der Waals surface area contributed by atoms with Crippen molar-refractivity contribution in [1.82, 2.24) is 0 Å². The molecule has 0 bridgehead atoms. The van der Waals surface area contributed by atoms with Gasteiger partial charge in [0.05, 0.1) is 11.6 Å². The Morgan fingerprint density at radius 2 is 1.79 bits per heavy atom. The van der Waals surface area contributed by atoms with Gasteiger partial charge in [0.2, 0.25) is 0 Å². The summed E-state index contributed by atoms with van der Waals surface area (Å²) in [5, 5.41) is 12.6. The number of aliphatic hydroxyl groups is 1. The number of hydrogen-bond donors (Lipinski definition) is 2. The number of benzene rings is 3. The Labute approximate surface area is 176 Å². The summed E-state index contributed by atoms with van der Waals surface area (Å²) in [5.41, 5.74) is 4.75. The van der Waals surface area contributed by atoms with E-state index in [4.69, 9.17) is 21.4 Å². The zero-order valence-corrected chi connectivity index (χ0v) is 17.1. The van der Waals surface area contributed by atoms with Gasteiger partial charge >= 0.3 is 0 Å². The number of ketones is 1. The summed E-state index contributed by atoms with van der Waals surface area (Å²) in [6.07, 6.45) is 0.613. The number of hydrogen-bond acceptors (Lipinski definition) is 4. The largest absolute Gasteiger partial charge is 0.396 e. The van der Waals surface area contributed by atoms with Crippen molar-refractivity contribution in [3.8, 4) is 0 Å². The molecule has 0 aliphatic carbocycles. The Balaban J connectivity index is 1.76. The van der Waals surface area contributed by atoms with E-state index in [0.717, 1.165) is 22.5 Å². The highest BCUT2D eigenvalue weighted by Gasteiger charge is 2.15. The van der Waals surface area contributed by atoms with E-state index in [2.05, 4.69) is 5.32 Å². The first-order valence-electron chi connectivity index (χ1n) is 9.53. The standard InChI is InChI=1S/C24H24ClNO3/c1-17-7-2-4-9-20(17)24(28)21-12-11-19(15-22(21)25)26-23-10-5-3-8-18(23)16-29-14-6-13-27/h2-5,7-12,15,26-27H,6,13-14,16H2,1H3. The number of anilines is 2. The van der Waals surface area contributed by atoms with Gasteiger partial charge in [0, 0.05) is 41.3 Å². The number of rotatable bonds is 9. The molecular formula is C24H24ClNO3. The van der Waals surface area contributed by atoms with Gasteiger partial charge in [-0.05, 0) is 43.2 Å². The maximum Gasteiger partial charge on any atom is 0.194 e. The molecule has 0 aliphatic heterocycles. The van der Waals surface area contributed by atoms with Crippen LogP contribution in [-0.4, -0.2) is 24.1 Å². The SMILES string of the molecule is Cc1ccccc1C(=O)c1ccc(Nc2ccccc2COCCCO)cc1Cl. The van der Waals surface area contributed by atoms with Crippen LogP contribution < -0.4 is 5.32 Å². The average molecular weight is 410 g/mol. The molecule has 0 amide bonds. The van der Waals surface area contributed by atoms with Crippen molar-refractivity contribution in [3.05, 3.63) is 94.0 Å². The van der Waals surface area contributed by atoms with Crippen molar-refractivity contribution in [2.45, 2.75) is 20.0 Å². The fourth-order valence-corrected chi connectivity index (χ4v) is 3.29. The summed E-state index contributed by atoms with van der Waals surface area (Å²) in [5.74, 6) is -0.0858. The van der Waals surface area contributed by atoms with Crippen LogP contribution >= 0.6 is 11.6 Å². The summed E-state index contributed by atoms with van der Waals surface area (Å²) < 4.78 is 5.60. The summed E-state index contributed by atoms with van der Waals surface area (Å²) in [6.45, 7) is 2.98. The van der Waals surface area contributed by atoms with Crippen LogP contribution in [0, 0.1) is 6.92 Å². The van der Waals surface area contributed by atoms with Gasteiger partial charge in [-0.2, -0.15) is 0 Å². The lowest BCUT2D eigenvalue weighted by molar-refractivity contribution is 0.103. The number of aryl methyl sites for hydroxylation is 1. The molecule has 3 aromatic carbocycles. The average Bonchev–Trinajstić information content (AvgIpc) is 2.72. The van der Waals surface area contributed by atoms with Gasteiger partial charge in [-0.25, -0.2) is 0 Å². The molecule has 3 aromatic rings. The minimum atomic E-state index is -0.0858. The molecule has 5 heteroatoms. The molecule has 29 heavy (non-hydrogen) atoms. The van der Waals surface area contributed by atoms with Crippen molar-refractivity contribution in [1.29, 1.82) is 0 Å². The summed E-state index contributed by atoms with van der Waals surface area (Å²) in [6, 6.07) is 20.7. The van der Waals surface area contributed by atoms with Crippen LogP contribution in [0.15, 0.2) is 66.7 Å². The first kappa shape index (κ1) is 21.1. The Morgan fingerprint density at radius 3 is 2.55 bits per heavy atom. The summed E-state index contributed by atoms with van der Waals surface area (Å²) in [7, 11) is 0. The lowest BCUT2D eigenvalue weighted by Crippen LogP contribution is -2.05. The minimum absolute atomic E-state index is 0.0858. The van der Waals surface area contributed by atoms with Gasteiger partial charge in [0.1, 0.15) is 0 Å². The van der Waals surface area contributed by atoms with Crippen LogP contribution in [0.5, 0.6) is 0 Å². The molecule has 150 valence electrons. The van der Waals surface area contributed by atoms with Crippen LogP contribution in [0.1, 0.15) is 33.5 Å². The lowest BCUT2D eigenvalue weighted by Gasteiger charge is -2.14. The normalized spacial score (nSPS) is 10.7. The van der Waals surface area contributed by atoms with E-state index in [1.807, 2.05) is 61.5 Å². The summed E-state index contributed by atoms with van der Waals surface area (Å²) in [4.78, 5) is 12.8. The lowest BCUT2D eigenvalue weighted by atomic mass is 9.99. The molecule has 0 saturated carbocycles. The Morgan fingerprint density at radius 1 is 1.03 bits per heavy atom. The summed E-state index contributed by atoms with van der Waals surface area (Å²) >= 11 is 6.44. The monoisotopic (exact) mass is 409 g/mol. The third kappa shape index (κ3) is 5.45. The van der Waals surface area contributed by atoms with Crippen molar-refractivity contribution >= 4 is 28.8 Å². The van der Waals surface area contributed by atoms with Gasteiger partial charge in [-0.1, -0.05) is 54.1 Å². The molecule has 2 N–H and O–H groups in total. The number of para-hydroxylation sites is 1. The highest BCUT2D eigenvalue weighted by atomic mass is 35.5. The van der Waals surface area contributed by atoms with Gasteiger partial charge < -0.3 is 15.2 Å². The molecule has 3 rings (SSSR count). The maximum atomic E-state index is 12.8. The van der Waals surface area contributed by atoms with Crippen LogP contribution in [0.3, 0.4) is 0 Å². The molecule has 0 heterocycles. The molecule has 0 spiro atoms. The number of ether oxygens (including phenoxy) is 1. The molecule has 4 nitrogen and oxygen atoms in total. The molecule has 0 aromatic heterocycles. The van der Waals surface area contributed by atoms with E-state index in [-0.39, 0.29) is 12.4 Å². The van der Waals surface area contributed by atoms with Crippen molar-refractivity contribution in [3.63, 3.8) is 0 Å². The molecular weight excluding hydrogens is 386 g/mol. The molecule has 0 aliphatic rings. The zero-order valence-electron chi connectivity index (χ0n) is 16.3. The topological polar surface area (TPSA) is 58.6 Å². The molecule has 0 fully saturated rings. The van der Waals surface area contributed by atoms with E-state index < -0.39 is 0 Å². The predicted octanol–water partition coefficient (Wildman–Crippen LogP) is 5.52. The first-order chi connectivity index (χ1) is 14.1. The number of carbonyl (C=O) groups excluding carboxylic acids is 1. The van der Waals surface area contributed by atoms with Crippen LogP contribution in [0.2, 0.25) is 5.02 Å². The van der Waals surface area contributed by atoms with E-state index in [9.17, 15) is 4.79 Å². The number of nitrogens with one attached hydrogen (secondary N) is 1. The van der Waals surface area contributed by atoms with Crippen LogP contribution in [0.4, 0.5) is 11.4 Å².